The van der Waals surface area contributed by atoms with Crippen LogP contribution in [-0.2, 0) is 0 Å². The number of piperidine rings is 1. The summed E-state index contributed by atoms with van der Waals surface area (Å²) in [5, 5.41) is 4.35. The fourth-order valence-corrected chi connectivity index (χ4v) is 3.35. The first-order valence-electron chi connectivity index (χ1n) is 9.15. The second kappa shape index (κ2) is 8.80. The minimum absolute atomic E-state index is 0. The van der Waals surface area contributed by atoms with Gasteiger partial charge in [-0.3, -0.25) is 4.79 Å². The summed E-state index contributed by atoms with van der Waals surface area (Å²) in [7, 11) is 0. The van der Waals surface area contributed by atoms with E-state index < -0.39 is 5.82 Å². The van der Waals surface area contributed by atoms with E-state index in [9.17, 15) is 9.18 Å². The van der Waals surface area contributed by atoms with Gasteiger partial charge in [0.15, 0.2) is 0 Å². The lowest BCUT2D eigenvalue weighted by Crippen LogP contribution is -2.45. The van der Waals surface area contributed by atoms with Crippen molar-refractivity contribution in [3.63, 3.8) is 0 Å². The first-order valence-corrected chi connectivity index (χ1v) is 9.15. The van der Waals surface area contributed by atoms with Gasteiger partial charge >= 0.3 is 0 Å². The Hall–Kier alpha value is -1.99. The van der Waals surface area contributed by atoms with Crippen LogP contribution in [0.15, 0.2) is 24.3 Å². The maximum absolute atomic E-state index is 14.2. The Kier molecular flexibility index (Phi) is 6.95. The number of carbonyl (C=O) groups is 1. The molecule has 0 aliphatic carbocycles. The van der Waals surface area contributed by atoms with Crippen molar-refractivity contribution < 1.29 is 9.18 Å². The molecular formula is C19H27ClFN5O. The van der Waals surface area contributed by atoms with E-state index in [1.165, 1.54) is 10.7 Å². The van der Waals surface area contributed by atoms with Gasteiger partial charge in [-0.05, 0) is 37.8 Å². The summed E-state index contributed by atoms with van der Waals surface area (Å²) in [6, 6.07) is 6.42. The van der Waals surface area contributed by atoms with E-state index in [-0.39, 0.29) is 42.0 Å². The zero-order valence-electron chi connectivity index (χ0n) is 15.9. The molecule has 6 nitrogen and oxygen atoms in total. The van der Waals surface area contributed by atoms with Crippen LogP contribution < -0.4 is 5.73 Å². The van der Waals surface area contributed by atoms with Gasteiger partial charge in [0.2, 0.25) is 5.82 Å². The number of likely N-dealkylation sites (tertiary alicyclic amines) is 1. The van der Waals surface area contributed by atoms with Crippen LogP contribution in [-0.4, -0.2) is 44.7 Å². The van der Waals surface area contributed by atoms with Crippen LogP contribution in [0.4, 0.5) is 4.39 Å². The average Bonchev–Trinajstić information content (AvgIpc) is 3.07. The number of nitrogens with two attached hydrogens (primary N) is 1. The topological polar surface area (TPSA) is 77.0 Å². The Morgan fingerprint density at radius 3 is 2.63 bits per heavy atom. The molecule has 2 N–H and O–H groups in total. The molecule has 1 amide bonds. The summed E-state index contributed by atoms with van der Waals surface area (Å²) in [4.78, 5) is 19.1. The van der Waals surface area contributed by atoms with E-state index in [1.807, 2.05) is 20.8 Å². The van der Waals surface area contributed by atoms with Gasteiger partial charge in [0.25, 0.3) is 5.91 Å². The van der Waals surface area contributed by atoms with E-state index in [4.69, 9.17) is 5.73 Å². The maximum Gasteiger partial charge on any atom is 0.293 e. The highest BCUT2D eigenvalue weighted by atomic mass is 35.5. The van der Waals surface area contributed by atoms with E-state index in [2.05, 4.69) is 10.1 Å². The Morgan fingerprint density at radius 1 is 1.30 bits per heavy atom. The number of rotatable bonds is 4. The number of carbonyl (C=O) groups excluding carboxylic acids is 1. The fourth-order valence-electron chi connectivity index (χ4n) is 3.35. The first-order chi connectivity index (χ1) is 12.4. The number of hydrogen-bond acceptors (Lipinski definition) is 4. The number of hydrogen-bond donors (Lipinski definition) is 1. The van der Waals surface area contributed by atoms with Gasteiger partial charge in [-0.25, -0.2) is 14.1 Å². The molecule has 1 aromatic heterocycles. The fraction of sp³-hybridized carbons (Fsp3) is 0.526. The van der Waals surface area contributed by atoms with Gasteiger partial charge in [0.05, 0.1) is 0 Å². The molecule has 148 valence electrons. The number of amides is 1. The van der Waals surface area contributed by atoms with Gasteiger partial charge < -0.3 is 10.6 Å². The van der Waals surface area contributed by atoms with E-state index in [1.54, 1.807) is 23.1 Å². The Labute approximate surface area is 165 Å². The molecule has 1 aliphatic rings. The zero-order valence-corrected chi connectivity index (χ0v) is 16.7. The second-order valence-corrected chi connectivity index (χ2v) is 7.32. The molecule has 8 heteroatoms. The monoisotopic (exact) mass is 395 g/mol. The number of benzene rings is 1. The zero-order chi connectivity index (χ0) is 18.8. The van der Waals surface area contributed by atoms with Crippen LogP contribution in [0.2, 0.25) is 0 Å². The summed E-state index contributed by atoms with van der Waals surface area (Å²) in [6.07, 6.45) is 1.94. The van der Waals surface area contributed by atoms with Crippen molar-refractivity contribution >= 4 is 18.3 Å². The van der Waals surface area contributed by atoms with Crippen LogP contribution >= 0.6 is 12.4 Å². The standard InChI is InChI=1S/C19H26FN5O.ClH/c1-12(2)18-22-17(23-25(18)16-9-5-4-8-15(16)20)19(26)24-10-6-7-14(11-24)13(3)21;/h4-5,8-9,12-14H,6-7,10-11,21H2,1-3H3;1H. The molecule has 27 heavy (non-hydrogen) atoms. The van der Waals surface area contributed by atoms with Crippen molar-refractivity contribution in [3.8, 4) is 5.69 Å². The molecule has 0 bridgehead atoms. The summed E-state index contributed by atoms with van der Waals surface area (Å²) < 4.78 is 15.7. The molecule has 3 rings (SSSR count). The first kappa shape index (κ1) is 21.3. The number of halogens is 2. The molecule has 0 radical (unpaired) electrons. The predicted molar refractivity (Wildman–Crippen MR) is 105 cm³/mol. The minimum atomic E-state index is -0.395. The highest BCUT2D eigenvalue weighted by Crippen LogP contribution is 2.23. The van der Waals surface area contributed by atoms with Crippen molar-refractivity contribution in [1.29, 1.82) is 0 Å². The quantitative estimate of drug-likeness (QED) is 0.862. The third-order valence-corrected chi connectivity index (χ3v) is 4.91. The van der Waals surface area contributed by atoms with Crippen molar-refractivity contribution in [1.82, 2.24) is 19.7 Å². The van der Waals surface area contributed by atoms with E-state index in [0.29, 0.717) is 24.6 Å². The molecule has 0 spiro atoms. The van der Waals surface area contributed by atoms with Crippen LogP contribution in [0, 0.1) is 11.7 Å². The van der Waals surface area contributed by atoms with Crippen molar-refractivity contribution in [2.24, 2.45) is 11.7 Å². The third kappa shape index (κ3) is 4.47. The molecule has 0 saturated carbocycles. The predicted octanol–water partition coefficient (Wildman–Crippen LogP) is 3.15. The van der Waals surface area contributed by atoms with E-state index in [0.717, 1.165) is 12.8 Å². The van der Waals surface area contributed by atoms with Gasteiger partial charge in [0.1, 0.15) is 17.3 Å². The van der Waals surface area contributed by atoms with E-state index >= 15 is 0 Å². The van der Waals surface area contributed by atoms with Crippen molar-refractivity contribution in [2.45, 2.75) is 45.6 Å². The lowest BCUT2D eigenvalue weighted by molar-refractivity contribution is 0.0648. The third-order valence-electron chi connectivity index (χ3n) is 4.91. The van der Waals surface area contributed by atoms with Crippen LogP contribution in [0.5, 0.6) is 0 Å². The van der Waals surface area contributed by atoms with Gasteiger partial charge in [0, 0.05) is 25.0 Å². The van der Waals surface area contributed by atoms with Gasteiger partial charge in [-0.2, -0.15) is 0 Å². The lowest BCUT2D eigenvalue weighted by Gasteiger charge is -2.33. The Bertz CT molecular complexity index is 792. The Morgan fingerprint density at radius 2 is 2.00 bits per heavy atom. The SMILES string of the molecule is CC(C)c1nc(C(=O)N2CCCC(C(C)N)C2)nn1-c1ccccc1F.Cl. The van der Waals surface area contributed by atoms with Gasteiger partial charge in [-0.15, -0.1) is 17.5 Å². The number of para-hydroxylation sites is 1. The van der Waals surface area contributed by atoms with Gasteiger partial charge in [-0.1, -0.05) is 26.0 Å². The summed E-state index contributed by atoms with van der Waals surface area (Å²) in [6.45, 7) is 7.15. The maximum atomic E-state index is 14.2. The van der Waals surface area contributed by atoms with Crippen LogP contribution in [0.25, 0.3) is 5.69 Å². The molecule has 1 aliphatic heterocycles. The second-order valence-electron chi connectivity index (χ2n) is 7.32. The number of nitrogens with zero attached hydrogens (tertiary/aromatic N) is 4. The normalized spacial score (nSPS) is 18.3. The van der Waals surface area contributed by atoms with Crippen molar-refractivity contribution in [2.75, 3.05) is 13.1 Å². The smallest absolute Gasteiger partial charge is 0.293 e. The van der Waals surface area contributed by atoms with Crippen LogP contribution in [0.1, 0.15) is 56.0 Å². The molecule has 1 aromatic carbocycles. The number of aromatic nitrogens is 3. The summed E-state index contributed by atoms with van der Waals surface area (Å²) in [5.41, 5.74) is 6.31. The Balaban J connectivity index is 0.00000261. The molecular weight excluding hydrogens is 369 g/mol. The summed E-state index contributed by atoms with van der Waals surface area (Å²) in [5.74, 6) is 0.356. The average molecular weight is 396 g/mol. The molecule has 1 fully saturated rings. The van der Waals surface area contributed by atoms with Crippen molar-refractivity contribution in [3.05, 3.63) is 41.7 Å². The molecule has 2 aromatic rings. The molecule has 1 saturated heterocycles. The van der Waals surface area contributed by atoms with Crippen LogP contribution in [0.3, 0.4) is 0 Å². The largest absolute Gasteiger partial charge is 0.336 e. The highest BCUT2D eigenvalue weighted by Gasteiger charge is 2.30. The minimum Gasteiger partial charge on any atom is -0.336 e. The summed E-state index contributed by atoms with van der Waals surface area (Å²) >= 11 is 0. The molecule has 2 atom stereocenters. The molecule has 2 heterocycles. The molecule has 2 unspecified atom stereocenters. The lowest BCUT2D eigenvalue weighted by atomic mass is 9.92. The highest BCUT2D eigenvalue weighted by molar-refractivity contribution is 5.90.